The van der Waals surface area contributed by atoms with Gasteiger partial charge < -0.3 is 0 Å². The summed E-state index contributed by atoms with van der Waals surface area (Å²) in [6.07, 6.45) is 0. The van der Waals surface area contributed by atoms with Crippen LogP contribution in [0.2, 0.25) is 0 Å². The Kier molecular flexibility index (Phi) is 7.07. The molecule has 11 aromatic rings. The zero-order valence-corrected chi connectivity index (χ0v) is 32.7. The molecule has 0 radical (unpaired) electrons. The van der Waals surface area contributed by atoms with Gasteiger partial charge in [0.1, 0.15) is 0 Å². The topological polar surface area (TPSA) is 36.7 Å². The van der Waals surface area contributed by atoms with Crippen molar-refractivity contribution in [3.05, 3.63) is 199 Å². The fraction of sp³-hybridized carbons (Fsp3) is 0.0526. The third-order valence-corrected chi connectivity index (χ3v) is 13.0. The van der Waals surface area contributed by atoms with Gasteiger partial charge in [-0.05, 0) is 124 Å². The van der Waals surface area contributed by atoms with E-state index in [1.807, 2.05) is 6.07 Å². The van der Waals surface area contributed by atoms with Crippen LogP contribution in [-0.4, -0.2) is 4.98 Å². The maximum atomic E-state index is 9.75. The largest absolute Gasteiger partial charge is 0.247 e. The van der Waals surface area contributed by atoms with Crippen molar-refractivity contribution in [1.82, 2.24) is 4.98 Å². The van der Waals surface area contributed by atoms with Gasteiger partial charge in [-0.1, -0.05) is 159 Å². The zero-order chi connectivity index (χ0) is 39.4. The number of pyridine rings is 1. The Hall–Kier alpha value is -7.60. The van der Waals surface area contributed by atoms with Crippen LogP contribution in [0.3, 0.4) is 0 Å². The van der Waals surface area contributed by atoms with Crippen LogP contribution in [0.15, 0.2) is 182 Å². The second kappa shape index (κ2) is 12.4. The first-order chi connectivity index (χ1) is 29.0. The van der Waals surface area contributed by atoms with Crippen LogP contribution >= 0.6 is 0 Å². The molecular weight excluding hydrogens is 713 g/mol. The number of aromatic nitrogens is 1. The molecule has 0 atom stereocenters. The maximum Gasteiger partial charge on any atom is 0.0991 e. The first kappa shape index (κ1) is 33.5. The lowest BCUT2D eigenvalue weighted by Gasteiger charge is -2.23. The van der Waals surface area contributed by atoms with Crippen molar-refractivity contribution in [3.8, 4) is 50.7 Å². The van der Waals surface area contributed by atoms with Gasteiger partial charge in [0.2, 0.25) is 0 Å². The summed E-state index contributed by atoms with van der Waals surface area (Å²) in [6, 6.07) is 68.6. The summed E-state index contributed by atoms with van der Waals surface area (Å²) in [5, 5.41) is 23.0. The van der Waals surface area contributed by atoms with E-state index >= 15 is 0 Å². The highest BCUT2D eigenvalue weighted by molar-refractivity contribution is 6.30. The molecule has 1 heterocycles. The van der Waals surface area contributed by atoms with Crippen molar-refractivity contribution >= 4 is 64.8 Å². The Balaban J connectivity index is 1.18. The van der Waals surface area contributed by atoms with Gasteiger partial charge in [0, 0.05) is 27.1 Å². The number of benzene rings is 10. The van der Waals surface area contributed by atoms with Crippen molar-refractivity contribution < 1.29 is 0 Å². The Morgan fingerprint density at radius 1 is 0.424 bits per heavy atom. The summed E-state index contributed by atoms with van der Waals surface area (Å²) in [6.45, 7) is 4.58. The van der Waals surface area contributed by atoms with Crippen molar-refractivity contribution in [2.45, 2.75) is 19.3 Å². The predicted molar refractivity (Wildman–Crippen MR) is 248 cm³/mol. The summed E-state index contributed by atoms with van der Waals surface area (Å²) in [7, 11) is 0. The number of rotatable bonds is 3. The van der Waals surface area contributed by atoms with Crippen LogP contribution in [0.5, 0.6) is 0 Å². The molecule has 0 unspecified atom stereocenters. The summed E-state index contributed by atoms with van der Waals surface area (Å²) in [5.74, 6) is 0. The molecule has 0 N–H and O–H groups in total. The lowest BCUT2D eigenvalue weighted by Crippen LogP contribution is -2.15. The molecule has 1 aliphatic carbocycles. The summed E-state index contributed by atoms with van der Waals surface area (Å²) >= 11 is 0. The minimum atomic E-state index is -0.246. The molecule has 1 aromatic heterocycles. The number of fused-ring (bicyclic) bond motifs is 11. The molecule has 274 valence electrons. The minimum Gasteiger partial charge on any atom is -0.247 e. The van der Waals surface area contributed by atoms with Gasteiger partial charge in [-0.2, -0.15) is 5.26 Å². The summed E-state index contributed by atoms with van der Waals surface area (Å²) in [5.41, 5.74) is 13.4. The highest BCUT2D eigenvalue weighted by atomic mass is 14.7. The van der Waals surface area contributed by atoms with E-state index in [0.717, 1.165) is 27.5 Å². The number of hydrogen-bond donors (Lipinski definition) is 0. The predicted octanol–water partition coefficient (Wildman–Crippen LogP) is 15.2. The number of hydrogen-bond acceptors (Lipinski definition) is 2. The molecule has 1 aliphatic rings. The molecule has 0 bridgehead atoms. The molecule has 0 aliphatic heterocycles. The molecular formula is C57H36N2. The third kappa shape index (κ3) is 4.83. The lowest BCUT2D eigenvalue weighted by atomic mass is 9.80. The molecule has 2 heteroatoms. The van der Waals surface area contributed by atoms with Crippen LogP contribution < -0.4 is 0 Å². The van der Waals surface area contributed by atoms with Crippen LogP contribution in [0, 0.1) is 11.3 Å². The summed E-state index contributed by atoms with van der Waals surface area (Å²) < 4.78 is 0. The van der Waals surface area contributed by atoms with Gasteiger partial charge >= 0.3 is 0 Å². The molecule has 10 aromatic carbocycles. The highest BCUT2D eigenvalue weighted by Crippen LogP contribution is 2.52. The van der Waals surface area contributed by atoms with Crippen molar-refractivity contribution in [2.24, 2.45) is 0 Å². The van der Waals surface area contributed by atoms with E-state index in [2.05, 4.69) is 196 Å². The van der Waals surface area contributed by atoms with E-state index in [4.69, 9.17) is 4.98 Å². The van der Waals surface area contributed by atoms with E-state index in [1.54, 1.807) is 0 Å². The number of nitriles is 1. The van der Waals surface area contributed by atoms with Gasteiger partial charge in [-0.3, -0.25) is 0 Å². The first-order valence-electron chi connectivity index (χ1n) is 20.3. The van der Waals surface area contributed by atoms with Crippen molar-refractivity contribution in [1.29, 1.82) is 5.26 Å². The Morgan fingerprint density at radius 3 is 1.66 bits per heavy atom. The molecule has 0 spiro atoms. The van der Waals surface area contributed by atoms with Crippen LogP contribution in [-0.2, 0) is 5.41 Å². The molecule has 0 fully saturated rings. The molecule has 12 rings (SSSR count). The molecule has 0 saturated heterocycles. The van der Waals surface area contributed by atoms with Crippen LogP contribution in [0.25, 0.3) is 109 Å². The van der Waals surface area contributed by atoms with Gasteiger partial charge in [-0.25, -0.2) is 4.98 Å². The van der Waals surface area contributed by atoms with Gasteiger partial charge in [-0.15, -0.1) is 0 Å². The Bertz CT molecular complexity index is 3590. The van der Waals surface area contributed by atoms with Crippen molar-refractivity contribution in [2.75, 3.05) is 0 Å². The second-order valence-electron chi connectivity index (χ2n) is 16.5. The fourth-order valence-electron chi connectivity index (χ4n) is 10.3. The molecule has 0 saturated carbocycles. The average Bonchev–Trinajstić information content (AvgIpc) is 3.51. The van der Waals surface area contributed by atoms with E-state index in [1.165, 1.54) is 93.0 Å². The zero-order valence-electron chi connectivity index (χ0n) is 32.7. The van der Waals surface area contributed by atoms with Crippen LogP contribution in [0.1, 0.15) is 30.5 Å². The van der Waals surface area contributed by atoms with Gasteiger partial charge in [0.15, 0.2) is 0 Å². The van der Waals surface area contributed by atoms with E-state index < -0.39 is 0 Å². The Labute approximate surface area is 342 Å². The third-order valence-electron chi connectivity index (χ3n) is 13.0. The normalized spacial score (nSPS) is 13.0. The standard InChI is InChI=1S/C57H36N2/c1-57(2)50-28-34(33-58)24-26-40(50)41-27-25-38(30-51(41)57)53-43-20-10-12-22-45(43)54(46-23-13-11-21-44(46)53)47-32-49-55(42-19-9-8-18-39(42)47)48-29-36-16-6-7-17-37(36)31-52(48)59-56(49)35-14-4-3-5-15-35/h3-32H,1-2H3. The van der Waals surface area contributed by atoms with Crippen molar-refractivity contribution in [3.63, 3.8) is 0 Å². The first-order valence-corrected chi connectivity index (χ1v) is 20.3. The van der Waals surface area contributed by atoms with E-state index in [9.17, 15) is 5.26 Å². The number of nitrogens with zero attached hydrogens (tertiary/aromatic N) is 2. The van der Waals surface area contributed by atoms with Crippen LogP contribution in [0.4, 0.5) is 0 Å². The van der Waals surface area contributed by atoms with Gasteiger partial charge in [0.05, 0.1) is 22.8 Å². The van der Waals surface area contributed by atoms with E-state index in [-0.39, 0.29) is 5.41 Å². The smallest absolute Gasteiger partial charge is 0.0991 e. The summed E-state index contributed by atoms with van der Waals surface area (Å²) in [4.78, 5) is 5.49. The minimum absolute atomic E-state index is 0.246. The maximum absolute atomic E-state index is 9.75. The molecule has 59 heavy (non-hydrogen) atoms. The Morgan fingerprint density at radius 2 is 0.983 bits per heavy atom. The lowest BCUT2D eigenvalue weighted by molar-refractivity contribution is 0.660. The fourth-order valence-corrected chi connectivity index (χ4v) is 10.3. The average molecular weight is 749 g/mol. The van der Waals surface area contributed by atoms with Gasteiger partial charge in [0.25, 0.3) is 0 Å². The molecule has 0 amide bonds. The van der Waals surface area contributed by atoms with E-state index in [0.29, 0.717) is 5.56 Å². The molecule has 2 nitrogen and oxygen atoms in total. The second-order valence-corrected chi connectivity index (χ2v) is 16.5. The monoisotopic (exact) mass is 748 g/mol. The quantitative estimate of drug-likeness (QED) is 0.133. The SMILES string of the molecule is CC1(C)c2cc(C#N)ccc2-c2ccc(-c3c4ccccc4c(-c4cc5c(-c6ccccc6)nc6cc7ccccc7cc6c5c5ccccc45)c4ccccc34)cc21. The highest BCUT2D eigenvalue weighted by Gasteiger charge is 2.36.